The minimum absolute atomic E-state index is 0.0714. The Balaban J connectivity index is 1.44. The molecule has 1 amide bonds. The summed E-state index contributed by atoms with van der Waals surface area (Å²) in [6.07, 6.45) is 1.54. The summed E-state index contributed by atoms with van der Waals surface area (Å²) in [6, 6.07) is 31.3. The maximum Gasteiger partial charge on any atom is 0.267 e. The van der Waals surface area contributed by atoms with E-state index in [0.29, 0.717) is 12.2 Å². The third kappa shape index (κ3) is 4.48. The summed E-state index contributed by atoms with van der Waals surface area (Å²) in [5.74, 6) is -0.0924. The Morgan fingerprint density at radius 1 is 0.848 bits per heavy atom. The second-order valence-corrected chi connectivity index (χ2v) is 8.32. The molecule has 2 heterocycles. The smallest absolute Gasteiger partial charge is 0.267 e. The van der Waals surface area contributed by atoms with Crippen molar-refractivity contribution in [3.05, 3.63) is 124 Å². The summed E-state index contributed by atoms with van der Waals surface area (Å²) in [6.45, 7) is 0.549. The Morgan fingerprint density at radius 2 is 1.55 bits per heavy atom. The van der Waals surface area contributed by atoms with E-state index in [1.54, 1.807) is 6.07 Å². The summed E-state index contributed by atoms with van der Waals surface area (Å²) < 4.78 is 1.28. The number of hydrogen-bond acceptors (Lipinski definition) is 3. The monoisotopic (exact) mass is 435 g/mol. The highest BCUT2D eigenvalue weighted by molar-refractivity contribution is 5.77. The quantitative estimate of drug-likeness (QED) is 0.470. The molecule has 3 aromatic carbocycles. The normalized spacial score (nSPS) is 15.2. The molecule has 1 atom stereocenters. The average Bonchev–Trinajstić information content (AvgIpc) is 2.86. The van der Waals surface area contributed by atoms with E-state index in [1.165, 1.54) is 27.4 Å². The summed E-state index contributed by atoms with van der Waals surface area (Å²) >= 11 is 0. The number of carbonyl (C=O) groups excluding carboxylic acids is 1. The van der Waals surface area contributed by atoms with Crippen molar-refractivity contribution in [1.82, 2.24) is 14.7 Å². The maximum absolute atomic E-state index is 13.5. The number of rotatable bonds is 5. The number of hydrogen-bond donors (Lipinski definition) is 0. The van der Waals surface area contributed by atoms with Crippen molar-refractivity contribution in [3.8, 4) is 11.3 Å². The SMILES string of the molecule is O=C(Cn1nc(-c2ccccc2)ccc1=O)N1CCc2ccccc2[C@H]1Cc1ccccc1. The first-order chi connectivity index (χ1) is 16.2. The second-order valence-electron chi connectivity index (χ2n) is 8.32. The molecular formula is C28H25N3O2. The Bertz CT molecular complexity index is 1320. The van der Waals surface area contributed by atoms with E-state index in [9.17, 15) is 9.59 Å². The van der Waals surface area contributed by atoms with Gasteiger partial charge in [-0.3, -0.25) is 9.59 Å². The molecule has 5 nitrogen and oxygen atoms in total. The Morgan fingerprint density at radius 3 is 2.33 bits per heavy atom. The Kier molecular flexibility index (Phi) is 5.85. The van der Waals surface area contributed by atoms with Gasteiger partial charge in [-0.2, -0.15) is 5.10 Å². The molecule has 0 unspecified atom stereocenters. The van der Waals surface area contributed by atoms with Gasteiger partial charge < -0.3 is 4.90 Å². The van der Waals surface area contributed by atoms with Gasteiger partial charge in [0.25, 0.3) is 5.56 Å². The molecule has 0 N–H and O–H groups in total. The summed E-state index contributed by atoms with van der Waals surface area (Å²) in [7, 11) is 0. The zero-order chi connectivity index (χ0) is 22.6. The Labute approximate surface area is 192 Å². The van der Waals surface area contributed by atoms with E-state index < -0.39 is 0 Å². The molecule has 4 aromatic rings. The lowest BCUT2D eigenvalue weighted by atomic mass is 9.88. The molecule has 5 heteroatoms. The van der Waals surface area contributed by atoms with Crippen molar-refractivity contribution in [3.63, 3.8) is 0 Å². The van der Waals surface area contributed by atoms with E-state index in [1.807, 2.05) is 59.5 Å². The standard InChI is InChI=1S/C28H25N3O2/c32-27-16-15-25(23-12-5-2-6-13-23)29-31(27)20-28(33)30-18-17-22-11-7-8-14-24(22)26(30)19-21-9-3-1-4-10-21/h1-16,26H,17-20H2/t26-/m1/s1. The molecule has 0 aliphatic carbocycles. The van der Waals surface area contributed by atoms with Crippen LogP contribution in [0, 0.1) is 0 Å². The van der Waals surface area contributed by atoms with Gasteiger partial charge in [0.2, 0.25) is 5.91 Å². The van der Waals surface area contributed by atoms with Gasteiger partial charge in [0, 0.05) is 18.2 Å². The molecule has 164 valence electrons. The molecule has 0 saturated carbocycles. The van der Waals surface area contributed by atoms with Crippen molar-refractivity contribution in [1.29, 1.82) is 0 Å². The second kappa shape index (κ2) is 9.25. The van der Waals surface area contributed by atoms with Crippen molar-refractivity contribution in [2.24, 2.45) is 0 Å². The molecule has 33 heavy (non-hydrogen) atoms. The predicted molar refractivity (Wildman–Crippen MR) is 129 cm³/mol. The predicted octanol–water partition coefficient (Wildman–Crippen LogP) is 4.28. The topological polar surface area (TPSA) is 55.2 Å². The number of nitrogens with zero attached hydrogens (tertiary/aromatic N) is 3. The zero-order valence-corrected chi connectivity index (χ0v) is 18.3. The largest absolute Gasteiger partial charge is 0.333 e. The number of benzene rings is 3. The first-order valence-electron chi connectivity index (χ1n) is 11.2. The molecule has 0 fully saturated rings. The molecule has 0 spiro atoms. The van der Waals surface area contributed by atoms with Gasteiger partial charge >= 0.3 is 0 Å². The lowest BCUT2D eigenvalue weighted by Crippen LogP contribution is -2.44. The number of amides is 1. The third-order valence-corrected chi connectivity index (χ3v) is 6.23. The first kappa shape index (κ1) is 20.9. The number of fused-ring (bicyclic) bond motifs is 1. The van der Waals surface area contributed by atoms with E-state index in [4.69, 9.17) is 0 Å². The van der Waals surface area contributed by atoms with Gasteiger partial charge in [-0.15, -0.1) is 0 Å². The molecule has 0 radical (unpaired) electrons. The van der Waals surface area contributed by atoms with Crippen LogP contribution in [0.5, 0.6) is 0 Å². The number of carbonyl (C=O) groups is 1. The fraction of sp³-hybridized carbons (Fsp3) is 0.179. The van der Waals surface area contributed by atoms with E-state index >= 15 is 0 Å². The molecule has 1 aliphatic rings. The fourth-order valence-electron chi connectivity index (χ4n) is 4.55. The van der Waals surface area contributed by atoms with Crippen LogP contribution >= 0.6 is 0 Å². The summed E-state index contributed by atoms with van der Waals surface area (Å²) in [5.41, 5.74) is 4.95. The van der Waals surface area contributed by atoms with Crippen LogP contribution in [0.3, 0.4) is 0 Å². The van der Waals surface area contributed by atoms with E-state index in [0.717, 1.165) is 18.4 Å². The van der Waals surface area contributed by atoms with Crippen molar-refractivity contribution < 1.29 is 4.79 Å². The molecule has 1 aromatic heterocycles. The summed E-state index contributed by atoms with van der Waals surface area (Å²) in [4.78, 5) is 27.9. The van der Waals surface area contributed by atoms with Crippen LogP contribution in [-0.2, 0) is 24.2 Å². The van der Waals surface area contributed by atoms with Gasteiger partial charge in [-0.25, -0.2) is 4.68 Å². The molecule has 1 aliphatic heterocycles. The van der Waals surface area contributed by atoms with Gasteiger partial charge in [0.05, 0.1) is 11.7 Å². The Hall–Kier alpha value is -3.99. The highest BCUT2D eigenvalue weighted by Crippen LogP contribution is 2.32. The highest BCUT2D eigenvalue weighted by Gasteiger charge is 2.31. The fourth-order valence-corrected chi connectivity index (χ4v) is 4.55. The first-order valence-corrected chi connectivity index (χ1v) is 11.2. The van der Waals surface area contributed by atoms with Crippen LogP contribution < -0.4 is 5.56 Å². The van der Waals surface area contributed by atoms with Gasteiger partial charge in [-0.05, 0) is 35.6 Å². The maximum atomic E-state index is 13.5. The van der Waals surface area contributed by atoms with Crippen molar-refractivity contribution >= 4 is 5.91 Å². The molecule has 0 saturated heterocycles. The van der Waals surface area contributed by atoms with Crippen LogP contribution in [-0.4, -0.2) is 27.1 Å². The number of aromatic nitrogens is 2. The zero-order valence-electron chi connectivity index (χ0n) is 18.3. The van der Waals surface area contributed by atoms with Crippen LogP contribution in [0.4, 0.5) is 0 Å². The van der Waals surface area contributed by atoms with E-state index in [-0.39, 0.29) is 24.1 Å². The van der Waals surface area contributed by atoms with Gasteiger partial charge in [0.1, 0.15) is 6.54 Å². The van der Waals surface area contributed by atoms with Crippen LogP contribution in [0.25, 0.3) is 11.3 Å². The van der Waals surface area contributed by atoms with Crippen LogP contribution in [0.15, 0.2) is 102 Å². The molecule has 5 rings (SSSR count). The molecule has 0 bridgehead atoms. The van der Waals surface area contributed by atoms with Crippen LogP contribution in [0.2, 0.25) is 0 Å². The van der Waals surface area contributed by atoms with Gasteiger partial charge in [0.15, 0.2) is 0 Å². The summed E-state index contributed by atoms with van der Waals surface area (Å²) in [5, 5.41) is 4.49. The third-order valence-electron chi connectivity index (χ3n) is 6.23. The highest BCUT2D eigenvalue weighted by atomic mass is 16.2. The lowest BCUT2D eigenvalue weighted by molar-refractivity contribution is -0.135. The van der Waals surface area contributed by atoms with Crippen LogP contribution in [0.1, 0.15) is 22.7 Å². The van der Waals surface area contributed by atoms with Crippen molar-refractivity contribution in [2.75, 3.05) is 6.54 Å². The minimum atomic E-state index is -0.278. The van der Waals surface area contributed by atoms with E-state index in [2.05, 4.69) is 35.4 Å². The van der Waals surface area contributed by atoms with Gasteiger partial charge in [-0.1, -0.05) is 84.9 Å². The van der Waals surface area contributed by atoms with Crippen molar-refractivity contribution in [2.45, 2.75) is 25.4 Å². The lowest BCUT2D eigenvalue weighted by Gasteiger charge is -2.37. The minimum Gasteiger partial charge on any atom is -0.333 e. The average molecular weight is 436 g/mol. The molecular weight excluding hydrogens is 410 g/mol.